The molecule has 0 bridgehead atoms. The zero-order valence-corrected chi connectivity index (χ0v) is 13.3. The second-order valence-electron chi connectivity index (χ2n) is 4.83. The number of halogens is 2. The predicted molar refractivity (Wildman–Crippen MR) is 90.0 cm³/mol. The number of hydrogen-bond acceptors (Lipinski definition) is 1. The maximum Gasteiger partial charge on any atom is 0.248 e. The summed E-state index contributed by atoms with van der Waals surface area (Å²) in [7, 11) is 0. The van der Waals surface area contributed by atoms with Crippen molar-refractivity contribution in [3.05, 3.63) is 69.2 Å². The highest BCUT2D eigenvalue weighted by molar-refractivity contribution is 6.37. The van der Waals surface area contributed by atoms with Gasteiger partial charge in [-0.25, -0.2) is 0 Å². The number of rotatable bonds is 3. The topological polar surface area (TPSA) is 29.1 Å². The van der Waals surface area contributed by atoms with Crippen LogP contribution in [0.2, 0.25) is 10.0 Å². The first-order chi connectivity index (χ1) is 9.95. The van der Waals surface area contributed by atoms with Crippen molar-refractivity contribution in [2.75, 3.05) is 5.32 Å². The third-order valence-corrected chi connectivity index (χ3v) is 3.55. The van der Waals surface area contributed by atoms with Crippen molar-refractivity contribution in [3.8, 4) is 0 Å². The summed E-state index contributed by atoms with van der Waals surface area (Å²) in [6.45, 7) is 3.98. The van der Waals surface area contributed by atoms with E-state index in [-0.39, 0.29) is 5.91 Å². The fraction of sp³-hybridized carbons (Fsp3) is 0.118. The van der Waals surface area contributed by atoms with Gasteiger partial charge in [0, 0.05) is 27.4 Å². The summed E-state index contributed by atoms with van der Waals surface area (Å²) < 4.78 is 0. The van der Waals surface area contributed by atoms with E-state index in [9.17, 15) is 4.79 Å². The number of benzene rings is 2. The highest BCUT2D eigenvalue weighted by atomic mass is 35.5. The second-order valence-corrected chi connectivity index (χ2v) is 5.65. The molecule has 0 spiro atoms. The van der Waals surface area contributed by atoms with Crippen molar-refractivity contribution in [2.45, 2.75) is 13.8 Å². The van der Waals surface area contributed by atoms with Gasteiger partial charge in [-0.1, -0.05) is 35.3 Å². The van der Waals surface area contributed by atoms with E-state index in [1.165, 1.54) is 6.08 Å². The monoisotopic (exact) mass is 319 g/mol. The largest absolute Gasteiger partial charge is 0.322 e. The van der Waals surface area contributed by atoms with E-state index in [0.29, 0.717) is 15.6 Å². The number of anilines is 1. The number of amides is 1. The minimum atomic E-state index is -0.226. The van der Waals surface area contributed by atoms with Crippen molar-refractivity contribution in [3.63, 3.8) is 0 Å². The van der Waals surface area contributed by atoms with E-state index in [0.717, 1.165) is 16.8 Å². The third kappa shape index (κ3) is 4.35. The van der Waals surface area contributed by atoms with E-state index < -0.39 is 0 Å². The van der Waals surface area contributed by atoms with Gasteiger partial charge in [0.25, 0.3) is 0 Å². The summed E-state index contributed by atoms with van der Waals surface area (Å²) >= 11 is 12.1. The second kappa shape index (κ2) is 6.79. The van der Waals surface area contributed by atoms with Gasteiger partial charge in [-0.2, -0.15) is 0 Å². The Morgan fingerprint density at radius 2 is 1.62 bits per heavy atom. The Morgan fingerprint density at radius 3 is 2.19 bits per heavy atom. The summed E-state index contributed by atoms with van der Waals surface area (Å²) in [4.78, 5) is 11.9. The predicted octanol–water partition coefficient (Wildman–Crippen LogP) is 5.26. The van der Waals surface area contributed by atoms with Gasteiger partial charge in [0.2, 0.25) is 5.91 Å². The molecule has 0 aliphatic heterocycles. The molecule has 1 amide bonds. The molecule has 108 valence electrons. The maximum atomic E-state index is 11.9. The van der Waals surface area contributed by atoms with Crippen LogP contribution in [0.4, 0.5) is 5.69 Å². The van der Waals surface area contributed by atoms with Gasteiger partial charge in [-0.15, -0.1) is 0 Å². The summed E-state index contributed by atoms with van der Waals surface area (Å²) in [6.07, 6.45) is 3.04. The Hall–Kier alpha value is -1.77. The van der Waals surface area contributed by atoms with Crippen molar-refractivity contribution in [1.82, 2.24) is 0 Å². The molecular formula is C17H15Cl2NO. The minimum absolute atomic E-state index is 0.226. The summed E-state index contributed by atoms with van der Waals surface area (Å²) in [5, 5.41) is 3.84. The zero-order valence-electron chi connectivity index (χ0n) is 11.8. The molecule has 4 heteroatoms. The average Bonchev–Trinajstić information content (AvgIpc) is 2.36. The first-order valence-corrected chi connectivity index (χ1v) is 7.22. The van der Waals surface area contributed by atoms with E-state index in [1.807, 2.05) is 26.0 Å². The molecule has 0 aromatic heterocycles. The van der Waals surface area contributed by atoms with Crippen LogP contribution in [-0.4, -0.2) is 5.91 Å². The standard InChI is InChI=1S/C17H15Cl2NO/c1-11-8-12(2)10-13(9-11)20-17(21)7-6-14-15(18)4-3-5-16(14)19/h3-10H,1-2H3,(H,20,21)/b7-6+. The normalized spacial score (nSPS) is 10.9. The number of hydrogen-bond donors (Lipinski definition) is 1. The van der Waals surface area contributed by atoms with Gasteiger partial charge in [0.1, 0.15) is 0 Å². The van der Waals surface area contributed by atoms with E-state index in [4.69, 9.17) is 23.2 Å². The molecule has 0 heterocycles. The van der Waals surface area contributed by atoms with Crippen molar-refractivity contribution < 1.29 is 4.79 Å². The molecule has 2 rings (SSSR count). The smallest absolute Gasteiger partial charge is 0.248 e. The van der Waals surface area contributed by atoms with E-state index >= 15 is 0 Å². The molecular weight excluding hydrogens is 305 g/mol. The quantitative estimate of drug-likeness (QED) is 0.768. The van der Waals surface area contributed by atoms with Gasteiger partial charge < -0.3 is 5.32 Å². The van der Waals surface area contributed by atoms with Gasteiger partial charge in [0.15, 0.2) is 0 Å². The Morgan fingerprint density at radius 1 is 1.05 bits per heavy atom. The molecule has 0 atom stereocenters. The first kappa shape index (κ1) is 15.6. The van der Waals surface area contributed by atoms with E-state index in [2.05, 4.69) is 11.4 Å². The summed E-state index contributed by atoms with van der Waals surface area (Å²) in [5.41, 5.74) is 3.61. The number of carbonyl (C=O) groups is 1. The van der Waals surface area contributed by atoms with Crippen LogP contribution in [0.25, 0.3) is 6.08 Å². The Labute approximate surface area is 134 Å². The third-order valence-electron chi connectivity index (χ3n) is 2.89. The lowest BCUT2D eigenvalue weighted by molar-refractivity contribution is -0.111. The van der Waals surface area contributed by atoms with Crippen LogP contribution in [0, 0.1) is 13.8 Å². The van der Waals surface area contributed by atoms with Gasteiger partial charge in [-0.05, 0) is 55.3 Å². The van der Waals surface area contributed by atoms with Crippen LogP contribution in [0.5, 0.6) is 0 Å². The number of nitrogens with one attached hydrogen (secondary N) is 1. The van der Waals surface area contributed by atoms with Gasteiger partial charge >= 0.3 is 0 Å². The molecule has 0 aliphatic rings. The Balaban J connectivity index is 2.13. The lowest BCUT2D eigenvalue weighted by Crippen LogP contribution is -2.08. The van der Waals surface area contributed by atoms with Crippen LogP contribution in [-0.2, 0) is 4.79 Å². The maximum absolute atomic E-state index is 11.9. The summed E-state index contributed by atoms with van der Waals surface area (Å²) in [6, 6.07) is 11.1. The molecule has 2 nitrogen and oxygen atoms in total. The van der Waals surface area contributed by atoms with Crippen LogP contribution in [0.15, 0.2) is 42.5 Å². The van der Waals surface area contributed by atoms with Crippen molar-refractivity contribution in [2.24, 2.45) is 0 Å². The molecule has 0 unspecified atom stereocenters. The lowest BCUT2D eigenvalue weighted by atomic mass is 10.1. The van der Waals surface area contributed by atoms with Crippen LogP contribution in [0.1, 0.15) is 16.7 Å². The Bertz CT molecular complexity index is 667. The first-order valence-electron chi connectivity index (χ1n) is 6.47. The van der Waals surface area contributed by atoms with Crippen LogP contribution in [0.3, 0.4) is 0 Å². The van der Waals surface area contributed by atoms with Gasteiger partial charge in [0.05, 0.1) is 0 Å². The highest BCUT2D eigenvalue weighted by Crippen LogP contribution is 2.25. The average molecular weight is 320 g/mol. The van der Waals surface area contributed by atoms with E-state index in [1.54, 1.807) is 24.3 Å². The molecule has 0 aliphatic carbocycles. The molecule has 2 aromatic carbocycles. The fourth-order valence-corrected chi connectivity index (χ4v) is 2.58. The lowest BCUT2D eigenvalue weighted by Gasteiger charge is -2.05. The molecule has 0 saturated carbocycles. The molecule has 1 N–H and O–H groups in total. The molecule has 0 fully saturated rings. The molecule has 0 radical (unpaired) electrons. The molecule has 2 aromatic rings. The van der Waals surface area contributed by atoms with Crippen LogP contribution >= 0.6 is 23.2 Å². The van der Waals surface area contributed by atoms with Crippen molar-refractivity contribution in [1.29, 1.82) is 0 Å². The highest BCUT2D eigenvalue weighted by Gasteiger charge is 2.03. The minimum Gasteiger partial charge on any atom is -0.322 e. The molecule has 0 saturated heterocycles. The number of aryl methyl sites for hydroxylation is 2. The van der Waals surface area contributed by atoms with Crippen LogP contribution < -0.4 is 5.32 Å². The SMILES string of the molecule is Cc1cc(C)cc(NC(=O)/C=C/c2c(Cl)cccc2Cl)c1. The molecule has 21 heavy (non-hydrogen) atoms. The van der Waals surface area contributed by atoms with Crippen molar-refractivity contribution >= 4 is 40.9 Å². The Kier molecular flexibility index (Phi) is 5.05. The van der Waals surface area contributed by atoms with Gasteiger partial charge in [-0.3, -0.25) is 4.79 Å². The zero-order chi connectivity index (χ0) is 15.4. The number of carbonyl (C=O) groups excluding carboxylic acids is 1. The summed E-state index contributed by atoms with van der Waals surface area (Å²) in [5.74, 6) is -0.226. The fourth-order valence-electron chi connectivity index (χ4n) is 2.06.